The zero-order valence-corrected chi connectivity index (χ0v) is 11.1. The second kappa shape index (κ2) is 4.62. The smallest absolute Gasteiger partial charge is 0.358 e. The number of hydrogen-bond donors (Lipinski definition) is 2. The van der Waals surface area contributed by atoms with Crippen LogP contribution in [0.3, 0.4) is 0 Å². The maximum absolute atomic E-state index is 11.9. The van der Waals surface area contributed by atoms with Crippen molar-refractivity contribution in [3.8, 4) is 11.5 Å². The molecule has 1 aromatic carbocycles. The summed E-state index contributed by atoms with van der Waals surface area (Å²) < 4.78 is 10.4. The van der Waals surface area contributed by atoms with E-state index in [1.165, 1.54) is 19.2 Å². The van der Waals surface area contributed by atoms with Crippen LogP contribution in [0.5, 0.6) is 11.5 Å². The number of ether oxygens (including phenoxy) is 2. The normalized spacial score (nSPS) is 21.1. The van der Waals surface area contributed by atoms with E-state index in [9.17, 15) is 14.7 Å². The molecule has 1 atom stereocenters. The fraction of sp³-hybridized carbons (Fsp3) is 0.333. The van der Waals surface area contributed by atoms with Gasteiger partial charge in [-0.05, 0) is 6.07 Å². The molecule has 2 N–H and O–H groups in total. The van der Waals surface area contributed by atoms with Crippen LogP contribution >= 0.6 is 11.6 Å². The summed E-state index contributed by atoms with van der Waals surface area (Å²) in [6.45, 7) is 1.56. The van der Waals surface area contributed by atoms with E-state index in [4.69, 9.17) is 21.1 Å². The molecule has 0 radical (unpaired) electrons. The van der Waals surface area contributed by atoms with Crippen molar-refractivity contribution in [1.29, 1.82) is 0 Å². The highest BCUT2D eigenvalue weighted by Gasteiger charge is 2.50. The van der Waals surface area contributed by atoms with Crippen LogP contribution in [0, 0.1) is 0 Å². The maximum Gasteiger partial charge on any atom is 0.358 e. The lowest BCUT2D eigenvalue weighted by Gasteiger charge is -2.33. The highest BCUT2D eigenvalue weighted by molar-refractivity contribution is 6.32. The zero-order valence-electron chi connectivity index (χ0n) is 10.3. The number of anilines is 1. The van der Waals surface area contributed by atoms with Gasteiger partial charge in [0.05, 0.1) is 17.8 Å². The number of aliphatic carboxylic acids is 1. The minimum Gasteiger partial charge on any atom is -0.495 e. The van der Waals surface area contributed by atoms with Gasteiger partial charge in [-0.15, -0.1) is 0 Å². The molecule has 0 bridgehead atoms. The number of amides is 1. The van der Waals surface area contributed by atoms with E-state index in [1.54, 1.807) is 6.92 Å². The molecule has 0 spiro atoms. The minimum atomic E-state index is -1.92. The molecule has 1 heterocycles. The van der Waals surface area contributed by atoms with E-state index in [2.05, 4.69) is 5.32 Å². The van der Waals surface area contributed by atoms with Crippen molar-refractivity contribution >= 4 is 29.2 Å². The Hall–Kier alpha value is -1.95. The topological polar surface area (TPSA) is 84.9 Å². The quantitative estimate of drug-likeness (QED) is 0.829. The number of fused-ring (bicyclic) bond motifs is 1. The van der Waals surface area contributed by atoms with Crippen molar-refractivity contribution < 1.29 is 24.2 Å². The molecule has 0 saturated heterocycles. The predicted octanol–water partition coefficient (Wildman–Crippen LogP) is 1.91. The fourth-order valence-corrected chi connectivity index (χ4v) is 2.10. The van der Waals surface area contributed by atoms with Gasteiger partial charge < -0.3 is 19.9 Å². The molecule has 0 fully saturated rings. The van der Waals surface area contributed by atoms with Gasteiger partial charge in [-0.25, -0.2) is 4.79 Å². The lowest BCUT2D eigenvalue weighted by molar-refractivity contribution is -0.161. The lowest BCUT2D eigenvalue weighted by atomic mass is 9.97. The first-order valence-electron chi connectivity index (χ1n) is 5.56. The highest BCUT2D eigenvalue weighted by Crippen LogP contribution is 2.41. The average molecular weight is 286 g/mol. The van der Waals surface area contributed by atoms with Gasteiger partial charge in [0.1, 0.15) is 11.5 Å². The van der Waals surface area contributed by atoms with Crippen LogP contribution in [-0.2, 0) is 9.59 Å². The van der Waals surface area contributed by atoms with Gasteiger partial charge in [0.15, 0.2) is 0 Å². The third kappa shape index (κ3) is 1.98. The number of halogens is 1. The molecule has 1 unspecified atom stereocenters. The molecule has 7 heteroatoms. The van der Waals surface area contributed by atoms with Gasteiger partial charge in [0, 0.05) is 12.5 Å². The van der Waals surface area contributed by atoms with E-state index < -0.39 is 17.5 Å². The minimum absolute atomic E-state index is 0.00144. The van der Waals surface area contributed by atoms with Crippen molar-refractivity contribution in [2.45, 2.75) is 18.9 Å². The van der Waals surface area contributed by atoms with Gasteiger partial charge in [-0.1, -0.05) is 18.5 Å². The van der Waals surface area contributed by atoms with Gasteiger partial charge in [0.25, 0.3) is 11.5 Å². The summed E-state index contributed by atoms with van der Waals surface area (Å²) in [5.41, 5.74) is -1.60. The van der Waals surface area contributed by atoms with E-state index in [0.717, 1.165) is 0 Å². The number of carboxylic acid groups (broad SMARTS) is 1. The molecule has 0 aliphatic carbocycles. The summed E-state index contributed by atoms with van der Waals surface area (Å²) in [4.78, 5) is 23.2. The molecule has 0 aromatic heterocycles. The lowest BCUT2D eigenvalue weighted by Crippen LogP contribution is -2.56. The Morgan fingerprint density at radius 3 is 2.79 bits per heavy atom. The van der Waals surface area contributed by atoms with Crippen LogP contribution in [0.1, 0.15) is 13.3 Å². The summed E-state index contributed by atoms with van der Waals surface area (Å²) in [7, 11) is 1.43. The van der Waals surface area contributed by atoms with Gasteiger partial charge in [-0.3, -0.25) is 4.79 Å². The number of carboxylic acids is 1. The standard InChI is InChI=1S/C12H12ClNO5/c1-3-12(11(16)17)10(15)14-7-4-6(13)8(18-2)5-9(7)19-12/h4-5H,3H2,1-2H3,(H,14,15)(H,16,17). The number of methoxy groups -OCH3 is 1. The van der Waals surface area contributed by atoms with E-state index in [0.29, 0.717) is 16.5 Å². The monoisotopic (exact) mass is 285 g/mol. The number of rotatable bonds is 3. The molecule has 1 aliphatic rings. The Bertz CT molecular complexity index is 559. The summed E-state index contributed by atoms with van der Waals surface area (Å²) in [6, 6.07) is 2.90. The molecule has 1 aliphatic heterocycles. The van der Waals surface area contributed by atoms with Crippen LogP contribution in [0.25, 0.3) is 0 Å². The fourth-order valence-electron chi connectivity index (χ4n) is 1.86. The average Bonchev–Trinajstić information content (AvgIpc) is 2.37. The number of hydrogen-bond acceptors (Lipinski definition) is 4. The highest BCUT2D eigenvalue weighted by atomic mass is 35.5. The Morgan fingerprint density at radius 2 is 2.26 bits per heavy atom. The van der Waals surface area contributed by atoms with Crippen molar-refractivity contribution in [2.75, 3.05) is 12.4 Å². The number of nitrogens with one attached hydrogen (secondary N) is 1. The Balaban J connectivity index is 2.53. The first-order chi connectivity index (χ1) is 8.94. The largest absolute Gasteiger partial charge is 0.495 e. The molecule has 0 saturated carbocycles. The number of carbonyl (C=O) groups is 2. The van der Waals surface area contributed by atoms with Crippen molar-refractivity contribution in [3.63, 3.8) is 0 Å². The molecule has 2 rings (SSSR count). The SMILES string of the molecule is CCC1(C(=O)O)Oc2cc(OC)c(Cl)cc2NC1=O. The summed E-state index contributed by atoms with van der Waals surface area (Å²) in [5.74, 6) is -1.51. The molecule has 1 amide bonds. The summed E-state index contributed by atoms with van der Waals surface area (Å²) >= 11 is 5.93. The zero-order chi connectivity index (χ0) is 14.2. The Labute approximate surface area is 114 Å². The predicted molar refractivity (Wildman–Crippen MR) is 67.9 cm³/mol. The van der Waals surface area contributed by atoms with Crippen LogP contribution in [0.15, 0.2) is 12.1 Å². The third-order valence-corrected chi connectivity index (χ3v) is 3.29. The first-order valence-corrected chi connectivity index (χ1v) is 5.93. The molecule has 19 heavy (non-hydrogen) atoms. The number of carbonyl (C=O) groups excluding carboxylic acids is 1. The molecule has 102 valence electrons. The molecular formula is C12H12ClNO5. The van der Waals surface area contributed by atoms with E-state index >= 15 is 0 Å². The number of benzene rings is 1. The van der Waals surface area contributed by atoms with Crippen LogP contribution in [0.4, 0.5) is 5.69 Å². The summed E-state index contributed by atoms with van der Waals surface area (Å²) in [5, 5.41) is 12.0. The Morgan fingerprint density at radius 1 is 1.58 bits per heavy atom. The molecule has 6 nitrogen and oxygen atoms in total. The summed E-state index contributed by atoms with van der Waals surface area (Å²) in [6.07, 6.45) is -0.00144. The van der Waals surface area contributed by atoms with E-state index in [1.807, 2.05) is 0 Å². The van der Waals surface area contributed by atoms with Crippen molar-refractivity contribution in [2.24, 2.45) is 0 Å². The third-order valence-electron chi connectivity index (χ3n) is 3.00. The van der Waals surface area contributed by atoms with Crippen molar-refractivity contribution in [1.82, 2.24) is 0 Å². The van der Waals surface area contributed by atoms with Crippen LogP contribution < -0.4 is 14.8 Å². The maximum atomic E-state index is 11.9. The van der Waals surface area contributed by atoms with Crippen LogP contribution in [-0.4, -0.2) is 29.7 Å². The second-order valence-electron chi connectivity index (χ2n) is 4.02. The Kier molecular flexibility index (Phi) is 3.28. The van der Waals surface area contributed by atoms with Crippen LogP contribution in [0.2, 0.25) is 5.02 Å². The van der Waals surface area contributed by atoms with Gasteiger partial charge in [-0.2, -0.15) is 0 Å². The molecule has 1 aromatic rings. The van der Waals surface area contributed by atoms with Crippen molar-refractivity contribution in [3.05, 3.63) is 17.2 Å². The van der Waals surface area contributed by atoms with E-state index in [-0.39, 0.29) is 12.2 Å². The molecular weight excluding hydrogens is 274 g/mol. The first kappa shape index (κ1) is 13.5. The second-order valence-corrected chi connectivity index (χ2v) is 4.43. The van der Waals surface area contributed by atoms with Gasteiger partial charge >= 0.3 is 5.97 Å². The van der Waals surface area contributed by atoms with Gasteiger partial charge in [0.2, 0.25) is 0 Å².